The number of carbonyl (C=O) groups is 1. The number of carbonyl (C=O) groups excluding carboxylic acids is 1. The second-order valence-electron chi connectivity index (χ2n) is 12.5. The Labute approximate surface area is 269 Å². The quantitative estimate of drug-likeness (QED) is 0.0378. The van der Waals surface area contributed by atoms with Crippen molar-refractivity contribution in [2.75, 3.05) is 40.9 Å². The Morgan fingerprint density at radius 2 is 1.27 bits per heavy atom. The molecule has 9 heteroatoms. The zero-order chi connectivity index (χ0) is 32.9. The molecule has 44 heavy (non-hydrogen) atoms. The maximum Gasteiger partial charge on any atom is 0.268 e. The van der Waals surface area contributed by atoms with Gasteiger partial charge in [0.15, 0.2) is 0 Å². The summed E-state index contributed by atoms with van der Waals surface area (Å²) in [6.07, 6.45) is 31.6. The molecule has 0 aliphatic carbocycles. The van der Waals surface area contributed by atoms with Gasteiger partial charge in [-0.05, 0) is 57.8 Å². The molecule has 0 saturated carbocycles. The van der Waals surface area contributed by atoms with Crippen LogP contribution < -0.4 is 10.2 Å². The lowest BCUT2D eigenvalue weighted by molar-refractivity contribution is -0.870. The molecule has 256 valence electrons. The van der Waals surface area contributed by atoms with Crippen LogP contribution in [0.3, 0.4) is 0 Å². The molecule has 0 radical (unpaired) electrons. The first kappa shape index (κ1) is 42.5. The standard InChI is InChI=1S/C35H65N2O6P/c1-6-8-10-12-14-16-18-19-20-22-24-26-28-34(38)33(32-43-44(40,41)42-31-30-37(3,4)5)36-35(39)29-27-25-23-21-17-15-13-11-9-7-2/h12-15,19-20,26,28,33-34,38H,6-11,16-18,21-25,27,29-32H2,1-5H3,(H-,36,39,40,41)/b14-12+,15-13-,20-19+,28-26+. The van der Waals surface area contributed by atoms with Crippen LogP contribution in [-0.4, -0.2) is 68.5 Å². The van der Waals surface area contributed by atoms with Crippen LogP contribution in [0.15, 0.2) is 48.6 Å². The number of nitrogens with one attached hydrogen (secondary N) is 1. The molecule has 0 fully saturated rings. The molecule has 2 N–H and O–H groups in total. The summed E-state index contributed by atoms with van der Waals surface area (Å²) in [6, 6.07) is -0.911. The fraction of sp³-hybridized carbons (Fsp3) is 0.743. The van der Waals surface area contributed by atoms with Gasteiger partial charge in [0.25, 0.3) is 7.82 Å². The summed E-state index contributed by atoms with van der Waals surface area (Å²) in [5.74, 6) is -0.233. The Morgan fingerprint density at radius 1 is 0.773 bits per heavy atom. The van der Waals surface area contributed by atoms with E-state index in [0.29, 0.717) is 17.4 Å². The van der Waals surface area contributed by atoms with Crippen molar-refractivity contribution in [1.82, 2.24) is 5.32 Å². The number of rotatable bonds is 29. The van der Waals surface area contributed by atoms with Crippen LogP contribution in [0.4, 0.5) is 0 Å². The number of hydrogen-bond acceptors (Lipinski definition) is 6. The Kier molecular flexibility index (Phi) is 26.8. The molecule has 0 aliphatic rings. The van der Waals surface area contributed by atoms with Crippen LogP contribution in [0.1, 0.15) is 117 Å². The van der Waals surface area contributed by atoms with Gasteiger partial charge in [-0.2, -0.15) is 0 Å². The van der Waals surface area contributed by atoms with Crippen molar-refractivity contribution in [3.63, 3.8) is 0 Å². The lowest BCUT2D eigenvalue weighted by Crippen LogP contribution is -2.45. The number of phosphoric acid groups is 1. The van der Waals surface area contributed by atoms with Crippen LogP contribution in [0, 0.1) is 0 Å². The minimum atomic E-state index is -4.59. The summed E-state index contributed by atoms with van der Waals surface area (Å²) in [7, 11) is 1.21. The molecular formula is C35H65N2O6P. The van der Waals surface area contributed by atoms with Crippen LogP contribution >= 0.6 is 7.82 Å². The van der Waals surface area contributed by atoms with Crippen LogP contribution in [0.2, 0.25) is 0 Å². The fourth-order valence-electron chi connectivity index (χ4n) is 4.15. The summed E-state index contributed by atoms with van der Waals surface area (Å²) < 4.78 is 22.9. The number of amides is 1. The molecule has 0 aromatic carbocycles. The highest BCUT2D eigenvalue weighted by Crippen LogP contribution is 2.38. The van der Waals surface area contributed by atoms with Gasteiger partial charge in [0, 0.05) is 6.42 Å². The lowest BCUT2D eigenvalue weighted by Gasteiger charge is -2.29. The molecule has 3 atom stereocenters. The van der Waals surface area contributed by atoms with Gasteiger partial charge in [-0.15, -0.1) is 0 Å². The third-order valence-corrected chi connectivity index (χ3v) is 7.95. The highest BCUT2D eigenvalue weighted by atomic mass is 31.2. The van der Waals surface area contributed by atoms with E-state index in [-0.39, 0.29) is 12.5 Å². The van der Waals surface area contributed by atoms with Gasteiger partial charge in [0.2, 0.25) is 5.91 Å². The number of phosphoric ester groups is 1. The first-order valence-electron chi connectivity index (χ1n) is 17.0. The molecule has 0 aliphatic heterocycles. The molecule has 0 aromatic rings. The van der Waals surface area contributed by atoms with Gasteiger partial charge in [-0.1, -0.05) is 101 Å². The number of aliphatic hydroxyl groups excluding tert-OH is 1. The zero-order valence-electron chi connectivity index (χ0n) is 28.6. The first-order chi connectivity index (χ1) is 21.0. The molecule has 1 amide bonds. The highest BCUT2D eigenvalue weighted by Gasteiger charge is 2.23. The van der Waals surface area contributed by atoms with Crippen molar-refractivity contribution in [2.45, 2.75) is 129 Å². The second-order valence-corrected chi connectivity index (χ2v) is 13.9. The van der Waals surface area contributed by atoms with Gasteiger partial charge < -0.3 is 28.8 Å². The van der Waals surface area contributed by atoms with Crippen LogP contribution in [0.25, 0.3) is 0 Å². The van der Waals surface area contributed by atoms with Gasteiger partial charge in [-0.25, -0.2) is 0 Å². The monoisotopic (exact) mass is 640 g/mol. The number of unbranched alkanes of at least 4 members (excludes halogenated alkanes) is 10. The number of nitrogens with zero attached hydrogens (tertiary/aromatic N) is 1. The van der Waals surface area contributed by atoms with Gasteiger partial charge in [0.1, 0.15) is 13.2 Å². The number of allylic oxidation sites excluding steroid dienone is 7. The molecule has 0 saturated heterocycles. The third-order valence-electron chi connectivity index (χ3n) is 6.99. The minimum Gasteiger partial charge on any atom is -0.756 e. The molecule has 3 unspecified atom stereocenters. The summed E-state index contributed by atoms with van der Waals surface area (Å²) in [4.78, 5) is 25.0. The molecule has 0 rings (SSSR count). The van der Waals surface area contributed by atoms with E-state index in [2.05, 4.69) is 55.6 Å². The Balaban J connectivity index is 4.74. The van der Waals surface area contributed by atoms with Crippen molar-refractivity contribution in [3.05, 3.63) is 48.6 Å². The Bertz CT molecular complexity index is 866. The number of aliphatic hydroxyl groups is 1. The van der Waals surface area contributed by atoms with E-state index >= 15 is 0 Å². The summed E-state index contributed by atoms with van der Waals surface area (Å²) in [5, 5.41) is 13.6. The largest absolute Gasteiger partial charge is 0.756 e. The average Bonchev–Trinajstić information content (AvgIpc) is 2.95. The summed E-state index contributed by atoms with van der Waals surface area (Å²) in [5.41, 5.74) is 0. The van der Waals surface area contributed by atoms with Crippen molar-refractivity contribution < 1.29 is 32.9 Å². The predicted molar refractivity (Wildman–Crippen MR) is 182 cm³/mol. The fourth-order valence-corrected chi connectivity index (χ4v) is 4.87. The normalized spacial score (nSPS) is 15.5. The second kappa shape index (κ2) is 27.7. The van der Waals surface area contributed by atoms with Gasteiger partial charge in [0.05, 0.1) is 39.9 Å². The summed E-state index contributed by atoms with van der Waals surface area (Å²) >= 11 is 0. The van der Waals surface area contributed by atoms with Gasteiger partial charge >= 0.3 is 0 Å². The molecule has 8 nitrogen and oxygen atoms in total. The van der Waals surface area contributed by atoms with E-state index in [4.69, 9.17) is 9.05 Å². The Morgan fingerprint density at radius 3 is 1.82 bits per heavy atom. The average molecular weight is 641 g/mol. The van der Waals surface area contributed by atoms with E-state index in [9.17, 15) is 19.4 Å². The molecule has 0 spiro atoms. The molecular weight excluding hydrogens is 575 g/mol. The van der Waals surface area contributed by atoms with E-state index in [0.717, 1.165) is 70.6 Å². The van der Waals surface area contributed by atoms with Crippen molar-refractivity contribution >= 4 is 13.7 Å². The number of quaternary nitrogens is 1. The zero-order valence-corrected chi connectivity index (χ0v) is 29.5. The molecule has 0 aromatic heterocycles. The topological polar surface area (TPSA) is 108 Å². The predicted octanol–water partition coefficient (Wildman–Crippen LogP) is 7.55. The lowest BCUT2D eigenvalue weighted by atomic mass is 10.1. The van der Waals surface area contributed by atoms with E-state index in [1.807, 2.05) is 27.2 Å². The highest BCUT2D eigenvalue weighted by molar-refractivity contribution is 7.45. The maximum atomic E-state index is 12.7. The van der Waals surface area contributed by atoms with E-state index in [1.165, 1.54) is 25.7 Å². The smallest absolute Gasteiger partial charge is 0.268 e. The van der Waals surface area contributed by atoms with Crippen molar-refractivity contribution in [3.8, 4) is 0 Å². The SMILES string of the molecule is CCCC/C=C\CCCCCCC(=O)NC(COP(=O)([O-])OCC[N+](C)(C)C)C(O)/C=C/CC/C=C/CC/C=C/CCCC. The van der Waals surface area contributed by atoms with Crippen LogP contribution in [0.5, 0.6) is 0 Å². The van der Waals surface area contributed by atoms with Crippen LogP contribution in [-0.2, 0) is 18.4 Å². The van der Waals surface area contributed by atoms with E-state index < -0.39 is 26.6 Å². The summed E-state index contributed by atoms with van der Waals surface area (Å²) in [6.45, 7) is 4.46. The van der Waals surface area contributed by atoms with E-state index in [1.54, 1.807) is 6.08 Å². The van der Waals surface area contributed by atoms with Crippen molar-refractivity contribution in [1.29, 1.82) is 0 Å². The van der Waals surface area contributed by atoms with Crippen molar-refractivity contribution in [2.24, 2.45) is 0 Å². The molecule has 0 bridgehead atoms. The number of hydrogen-bond donors (Lipinski definition) is 2. The minimum absolute atomic E-state index is 0.0129. The van der Waals surface area contributed by atoms with Gasteiger partial charge in [-0.3, -0.25) is 9.36 Å². The third kappa shape index (κ3) is 29.2. The Hall–Kier alpha value is -1.54. The first-order valence-corrected chi connectivity index (χ1v) is 18.5. The number of likely N-dealkylation sites (N-methyl/N-ethyl adjacent to an activating group) is 1. The maximum absolute atomic E-state index is 12.7. The molecule has 0 heterocycles.